The molecule has 1 aliphatic rings. The average Bonchev–Trinajstić information content (AvgIpc) is 3.74. The Bertz CT molecular complexity index is 2910. The van der Waals surface area contributed by atoms with Crippen molar-refractivity contribution in [2.45, 2.75) is 26.2 Å². The number of hydrogen-bond donors (Lipinski definition) is 0. The quantitative estimate of drug-likeness (QED) is 0.117. The zero-order valence-electron chi connectivity index (χ0n) is 32.9. The maximum atomic E-state index is 6.52. The minimum atomic E-state index is -0.381. The van der Waals surface area contributed by atoms with E-state index in [0.717, 1.165) is 67.1 Å². The van der Waals surface area contributed by atoms with Gasteiger partial charge < -0.3 is 21.2 Å². The van der Waals surface area contributed by atoms with E-state index in [2.05, 4.69) is 174 Å². The van der Waals surface area contributed by atoms with Crippen LogP contribution in [-0.4, -0.2) is 26.5 Å². The minimum absolute atomic E-state index is 0. The first kappa shape index (κ1) is 38.0. The number of aromatic nitrogens is 4. The van der Waals surface area contributed by atoms with Crippen molar-refractivity contribution in [2.75, 3.05) is 9.62 Å². The van der Waals surface area contributed by atoms with Gasteiger partial charge in [-0.15, -0.1) is 0 Å². The van der Waals surface area contributed by atoms with Gasteiger partial charge in [0.2, 0.25) is 18.7 Å². The first-order valence-electron chi connectivity index (χ1n) is 19.6. The van der Waals surface area contributed by atoms with Gasteiger partial charge >= 0.3 is 0 Å². The zero-order chi connectivity index (χ0) is 39.4. The third kappa shape index (κ3) is 6.77. The van der Waals surface area contributed by atoms with E-state index in [0.29, 0.717) is 17.6 Å². The van der Waals surface area contributed by atoms with E-state index in [1.807, 2.05) is 36.5 Å². The first-order chi connectivity index (χ1) is 28.3. The number of pyridine rings is 3. The number of ether oxygens (including phenoxy) is 1. The summed E-state index contributed by atoms with van der Waals surface area (Å²) < 4.78 is 8.65. The smallest absolute Gasteiger partial charge is 0.223 e. The van der Waals surface area contributed by atoms with Gasteiger partial charge in [0.25, 0.3) is 0 Å². The minimum Gasteiger partial charge on any atom is -0.421 e. The summed E-state index contributed by atoms with van der Waals surface area (Å²) >= 11 is 0. The fourth-order valence-electron chi connectivity index (χ4n) is 8.18. The van der Waals surface area contributed by atoms with Crippen LogP contribution < -0.4 is 14.4 Å². The molecular formula is C50H40BN6OPt-. The van der Waals surface area contributed by atoms with Crippen LogP contribution in [-0.2, 0) is 26.5 Å². The van der Waals surface area contributed by atoms with E-state index < -0.39 is 0 Å². The van der Waals surface area contributed by atoms with Crippen LogP contribution in [0.4, 0.5) is 22.9 Å². The molecule has 0 saturated carbocycles. The number of rotatable bonds is 7. The van der Waals surface area contributed by atoms with Crippen LogP contribution in [0.5, 0.6) is 11.8 Å². The summed E-state index contributed by atoms with van der Waals surface area (Å²) in [6.07, 6.45) is 1.88. The maximum Gasteiger partial charge on any atom is 0.223 e. The molecule has 4 aromatic heterocycles. The summed E-state index contributed by atoms with van der Waals surface area (Å²) in [5.41, 5.74) is 10.6. The van der Waals surface area contributed by atoms with Gasteiger partial charge in [0.05, 0.1) is 16.9 Å². The number of hydrogen-bond acceptors (Lipinski definition) is 6. The third-order valence-electron chi connectivity index (χ3n) is 10.9. The van der Waals surface area contributed by atoms with E-state index in [-0.39, 0.29) is 33.5 Å². The fraction of sp³-hybridized carbons (Fsp3) is 0.0800. The molecule has 7 nitrogen and oxygen atoms in total. The van der Waals surface area contributed by atoms with Crippen LogP contribution in [0.15, 0.2) is 176 Å². The molecule has 290 valence electrons. The topological polar surface area (TPSA) is 59.3 Å². The maximum absolute atomic E-state index is 6.52. The molecule has 0 bridgehead atoms. The number of para-hydroxylation sites is 4. The molecule has 0 saturated heterocycles. The van der Waals surface area contributed by atoms with Crippen LogP contribution in [0.1, 0.15) is 26.3 Å². The number of benzene rings is 5. The summed E-state index contributed by atoms with van der Waals surface area (Å²) in [6, 6.07) is 58.5. The van der Waals surface area contributed by atoms with Gasteiger partial charge in [-0.25, -0.2) is 4.98 Å². The van der Waals surface area contributed by atoms with E-state index in [4.69, 9.17) is 26.5 Å². The van der Waals surface area contributed by atoms with Crippen LogP contribution in [0, 0.1) is 6.82 Å². The fourth-order valence-corrected chi connectivity index (χ4v) is 8.18. The van der Waals surface area contributed by atoms with Crippen molar-refractivity contribution in [1.29, 1.82) is 0 Å². The van der Waals surface area contributed by atoms with Crippen molar-refractivity contribution >= 4 is 51.8 Å². The zero-order valence-corrected chi connectivity index (χ0v) is 35.2. The number of anilines is 4. The third-order valence-corrected chi connectivity index (χ3v) is 10.9. The monoisotopic (exact) mass is 946 g/mol. The summed E-state index contributed by atoms with van der Waals surface area (Å²) in [7, 11) is 0. The second kappa shape index (κ2) is 15.4. The summed E-state index contributed by atoms with van der Waals surface area (Å²) in [6.45, 7) is 11.1. The molecule has 0 spiro atoms. The van der Waals surface area contributed by atoms with Crippen LogP contribution in [0.2, 0.25) is 0 Å². The molecule has 0 unspecified atom stereocenters. The molecule has 1 aliphatic heterocycles. The Morgan fingerprint density at radius 1 is 0.559 bits per heavy atom. The van der Waals surface area contributed by atoms with Crippen molar-refractivity contribution < 1.29 is 25.8 Å². The molecule has 0 N–H and O–H groups in total. The second-order valence-electron chi connectivity index (χ2n) is 15.6. The van der Waals surface area contributed by atoms with Gasteiger partial charge in [-0.3, -0.25) is 4.57 Å². The van der Waals surface area contributed by atoms with E-state index >= 15 is 0 Å². The molecular weight excluding hydrogens is 906 g/mol. The van der Waals surface area contributed by atoms with Crippen molar-refractivity contribution in [3.8, 4) is 39.8 Å². The Labute approximate surface area is 359 Å². The second-order valence-corrected chi connectivity index (χ2v) is 15.6. The van der Waals surface area contributed by atoms with E-state index in [1.165, 1.54) is 5.56 Å². The molecule has 0 aliphatic carbocycles. The van der Waals surface area contributed by atoms with Gasteiger partial charge in [0, 0.05) is 67.0 Å². The van der Waals surface area contributed by atoms with Crippen molar-refractivity contribution in [2.24, 2.45) is 0 Å². The number of fused-ring (bicyclic) bond motifs is 4. The Balaban J connectivity index is 0.00000449. The Hall–Kier alpha value is -6.50. The summed E-state index contributed by atoms with van der Waals surface area (Å²) in [5.74, 6) is 2.39. The average molecular weight is 947 g/mol. The predicted molar refractivity (Wildman–Crippen MR) is 239 cm³/mol. The van der Waals surface area contributed by atoms with Crippen molar-refractivity contribution in [1.82, 2.24) is 19.5 Å². The molecule has 0 atom stereocenters. The molecule has 0 amide bonds. The molecule has 59 heavy (non-hydrogen) atoms. The molecule has 10 rings (SSSR count). The van der Waals surface area contributed by atoms with Gasteiger partial charge in [-0.2, -0.15) is 9.97 Å². The normalized spacial score (nSPS) is 12.5. The van der Waals surface area contributed by atoms with Gasteiger partial charge in [0.1, 0.15) is 11.6 Å². The molecule has 5 aromatic carbocycles. The summed E-state index contributed by atoms with van der Waals surface area (Å²) in [5, 5.41) is 2.12. The summed E-state index contributed by atoms with van der Waals surface area (Å²) in [4.78, 5) is 19.6. The molecule has 0 radical (unpaired) electrons. The van der Waals surface area contributed by atoms with Gasteiger partial charge in [-0.1, -0.05) is 136 Å². The van der Waals surface area contributed by atoms with Crippen molar-refractivity contribution in [3.63, 3.8) is 0 Å². The molecule has 9 heteroatoms. The SMILES string of the molecule is [CH2-]B1N(c2cccc(Oc3ccc4c5ccccc5n(-c5cc(C(C)(C)C)ccn5)c4n3)n2)c2ccccc2N1c1c(-c2ccccc2)cccc1-c1ccccc1.[Pt]. The first-order valence-corrected chi connectivity index (χ1v) is 19.6. The Morgan fingerprint density at radius 2 is 1.17 bits per heavy atom. The Morgan fingerprint density at radius 3 is 1.86 bits per heavy atom. The van der Waals surface area contributed by atoms with Crippen LogP contribution in [0.3, 0.4) is 0 Å². The van der Waals surface area contributed by atoms with E-state index in [9.17, 15) is 0 Å². The molecule has 9 aromatic rings. The van der Waals surface area contributed by atoms with Crippen LogP contribution >= 0.6 is 0 Å². The number of nitrogens with zero attached hydrogens (tertiary/aromatic N) is 6. The predicted octanol–water partition coefficient (Wildman–Crippen LogP) is 12.5. The Kier molecular flexibility index (Phi) is 9.90. The molecule has 5 heterocycles. The van der Waals surface area contributed by atoms with Gasteiger partial charge in [0.15, 0.2) is 5.65 Å². The molecule has 0 fully saturated rings. The largest absolute Gasteiger partial charge is 0.421 e. The van der Waals surface area contributed by atoms with Gasteiger partial charge in [-0.05, 0) is 64.6 Å². The van der Waals surface area contributed by atoms with Crippen LogP contribution in [0.25, 0.3) is 50.0 Å². The van der Waals surface area contributed by atoms with E-state index in [1.54, 1.807) is 0 Å². The standard InChI is InChI=1S/C50H40BN6O.Pt/c1-50(2,3)36-31-32-52-45(33-36)55-41-24-12-11-21-39(41)40-29-30-47(54-49(40)55)58-46-28-16-27-44(53-46)56-42-25-13-14-26-43(42)57(51(56)4)48-37(34-17-7-5-8-18-34)22-15-23-38(48)35-19-9-6-10-20-35;/h5-33H,4H2,1-3H3;/q-1;. The van der Waals surface area contributed by atoms with Crippen molar-refractivity contribution in [3.05, 3.63) is 188 Å².